The first kappa shape index (κ1) is 66.2. The lowest BCUT2D eigenvalue weighted by Gasteiger charge is -2.28. The third kappa shape index (κ3) is 53.5. The number of rotatable bonds is 47. The van der Waals surface area contributed by atoms with Gasteiger partial charge in [0.15, 0.2) is 6.10 Å². The summed E-state index contributed by atoms with van der Waals surface area (Å²) in [6.45, 7) is 3.86. The standard InChI is InChI=1S/C60H98NO8P/c1-6-8-10-12-14-16-18-20-22-23-24-25-26-27-28-29-30-31-32-33-34-35-36-37-39-41-43-45-47-49-51-53-60(63)69-58(57-68-70(64,65)67-55-54-61(3,4)5)56-66-59(62)52-50-48-46-44-42-40-38-21-19-17-15-13-11-9-7-2/h8-11,14-17,20-22,24-25,27-28,30-31,38,42,44,48,50,58H,6-7,12-13,18-19,23,26,29,32-37,39-41,43,45-47,49,51-57H2,1-5H3/b10-8-,11-9-,16-14-,17-15-,22-20-,25-24-,28-27-,31-30-,38-21-,44-42-,50-48-. The van der Waals surface area contributed by atoms with Crippen molar-refractivity contribution >= 4 is 19.8 Å². The Hall–Kier alpha value is -3.85. The number of quaternary nitrogens is 1. The molecule has 0 amide bonds. The van der Waals surface area contributed by atoms with Gasteiger partial charge in [-0.25, -0.2) is 0 Å². The third-order valence-corrected chi connectivity index (χ3v) is 11.7. The molecule has 0 aliphatic heterocycles. The van der Waals surface area contributed by atoms with E-state index < -0.39 is 32.5 Å². The average molecular weight is 992 g/mol. The fourth-order valence-electron chi connectivity index (χ4n) is 6.61. The lowest BCUT2D eigenvalue weighted by molar-refractivity contribution is -0.870. The smallest absolute Gasteiger partial charge is 0.309 e. The van der Waals surface area contributed by atoms with Crippen LogP contribution in [-0.2, 0) is 32.7 Å². The number of unbranched alkanes of at least 4 members (excludes halogenated alkanes) is 12. The van der Waals surface area contributed by atoms with Crippen LogP contribution in [0.3, 0.4) is 0 Å². The molecule has 2 atom stereocenters. The maximum atomic E-state index is 12.8. The van der Waals surface area contributed by atoms with Crippen molar-refractivity contribution in [2.24, 2.45) is 0 Å². The van der Waals surface area contributed by atoms with Crippen LogP contribution in [0.5, 0.6) is 0 Å². The maximum absolute atomic E-state index is 12.8. The summed E-state index contributed by atoms with van der Waals surface area (Å²) >= 11 is 0. The van der Waals surface area contributed by atoms with Gasteiger partial charge in [-0.3, -0.25) is 14.2 Å². The van der Waals surface area contributed by atoms with Crippen LogP contribution in [-0.4, -0.2) is 70.0 Å². The molecule has 0 saturated carbocycles. The number of esters is 2. The van der Waals surface area contributed by atoms with Crippen LogP contribution in [0.4, 0.5) is 0 Å². The number of carbonyl (C=O) groups is 2. The zero-order valence-corrected chi connectivity index (χ0v) is 45.5. The molecule has 0 heterocycles. The summed E-state index contributed by atoms with van der Waals surface area (Å²) in [4.78, 5) is 37.7. The molecule has 0 aliphatic carbocycles. The van der Waals surface area contributed by atoms with E-state index in [0.717, 1.165) is 89.9 Å². The van der Waals surface area contributed by atoms with E-state index in [2.05, 4.69) is 129 Å². The zero-order valence-electron chi connectivity index (χ0n) is 44.7. The Morgan fingerprint density at radius 1 is 0.457 bits per heavy atom. The van der Waals surface area contributed by atoms with Crippen molar-refractivity contribution in [3.8, 4) is 0 Å². The van der Waals surface area contributed by atoms with Crippen LogP contribution in [0.1, 0.15) is 181 Å². The molecular formula is C60H98NO8P. The number of carbonyl (C=O) groups excluding carboxylic acids is 2. The molecule has 0 radical (unpaired) electrons. The van der Waals surface area contributed by atoms with E-state index in [1.54, 1.807) is 6.08 Å². The molecule has 0 aromatic rings. The SMILES string of the molecule is CC/C=C\C/C=C\C/C=C\C/C=C\C/C=C\C/C=C\CCCCCCCCCCCCCCC(=O)OC(COC(=O)C/C=C\C/C=C\C/C=C\C/C=C\C/C=C\CC)COP(=O)([O-])OCC[N+](C)(C)C. The zero-order chi connectivity index (χ0) is 51.3. The van der Waals surface area contributed by atoms with E-state index in [4.69, 9.17) is 18.5 Å². The van der Waals surface area contributed by atoms with Crippen LogP contribution in [0, 0.1) is 0 Å². The van der Waals surface area contributed by atoms with Crippen molar-refractivity contribution in [1.29, 1.82) is 0 Å². The highest BCUT2D eigenvalue weighted by Gasteiger charge is 2.21. The molecule has 0 saturated heterocycles. The van der Waals surface area contributed by atoms with E-state index in [9.17, 15) is 19.0 Å². The molecule has 0 aromatic heterocycles. The Morgan fingerprint density at radius 3 is 1.21 bits per heavy atom. The summed E-state index contributed by atoms with van der Waals surface area (Å²) in [6, 6.07) is 0. The number of ether oxygens (including phenoxy) is 2. The van der Waals surface area contributed by atoms with E-state index in [0.29, 0.717) is 23.9 Å². The van der Waals surface area contributed by atoms with E-state index in [1.165, 1.54) is 51.4 Å². The predicted octanol–water partition coefficient (Wildman–Crippen LogP) is 15.9. The molecular weight excluding hydrogens is 894 g/mol. The van der Waals surface area contributed by atoms with Crippen LogP contribution in [0.2, 0.25) is 0 Å². The van der Waals surface area contributed by atoms with Gasteiger partial charge < -0.3 is 27.9 Å². The normalized spacial score (nSPS) is 14.4. The fourth-order valence-corrected chi connectivity index (χ4v) is 7.34. The highest BCUT2D eigenvalue weighted by Crippen LogP contribution is 2.38. The van der Waals surface area contributed by atoms with Gasteiger partial charge in [0.25, 0.3) is 7.82 Å². The Kier molecular flexibility index (Phi) is 47.3. The average Bonchev–Trinajstić information content (AvgIpc) is 3.32. The molecule has 9 nitrogen and oxygen atoms in total. The largest absolute Gasteiger partial charge is 0.756 e. The number of allylic oxidation sites excluding steroid dienone is 21. The number of likely N-dealkylation sites (N-methyl/N-ethyl adjacent to an activating group) is 1. The summed E-state index contributed by atoms with van der Waals surface area (Å²) in [5.41, 5.74) is 0. The summed E-state index contributed by atoms with van der Waals surface area (Å²) in [5, 5.41) is 0. The lowest BCUT2D eigenvalue weighted by Crippen LogP contribution is -2.37. The molecule has 70 heavy (non-hydrogen) atoms. The molecule has 0 spiro atoms. The van der Waals surface area contributed by atoms with Gasteiger partial charge in [0.2, 0.25) is 0 Å². The number of phosphoric ester groups is 1. The number of phosphoric acid groups is 1. The Labute approximate surface area is 428 Å². The molecule has 396 valence electrons. The van der Waals surface area contributed by atoms with Gasteiger partial charge in [0.1, 0.15) is 19.8 Å². The van der Waals surface area contributed by atoms with Gasteiger partial charge in [0.05, 0.1) is 34.2 Å². The van der Waals surface area contributed by atoms with E-state index in [-0.39, 0.29) is 26.1 Å². The van der Waals surface area contributed by atoms with Gasteiger partial charge in [-0.15, -0.1) is 0 Å². The molecule has 10 heteroatoms. The number of nitrogens with zero attached hydrogens (tertiary/aromatic N) is 1. The quantitative estimate of drug-likeness (QED) is 0.0195. The summed E-state index contributed by atoms with van der Waals surface area (Å²) in [7, 11) is 1.10. The molecule has 0 bridgehead atoms. The minimum Gasteiger partial charge on any atom is -0.756 e. The van der Waals surface area contributed by atoms with Crippen molar-refractivity contribution in [1.82, 2.24) is 0 Å². The Morgan fingerprint density at radius 2 is 0.814 bits per heavy atom. The van der Waals surface area contributed by atoms with Crippen LogP contribution in [0.15, 0.2) is 134 Å². The second-order valence-electron chi connectivity index (χ2n) is 18.5. The Bertz CT molecular complexity index is 1640. The van der Waals surface area contributed by atoms with Crippen molar-refractivity contribution in [2.45, 2.75) is 187 Å². The summed E-state index contributed by atoms with van der Waals surface area (Å²) in [5.74, 6) is -0.994. The first-order valence-electron chi connectivity index (χ1n) is 26.9. The summed E-state index contributed by atoms with van der Waals surface area (Å²) in [6.07, 6.45) is 72.4. The van der Waals surface area contributed by atoms with Crippen molar-refractivity contribution < 1.29 is 42.1 Å². The van der Waals surface area contributed by atoms with Crippen molar-refractivity contribution in [3.63, 3.8) is 0 Å². The molecule has 0 N–H and O–H groups in total. The summed E-state index contributed by atoms with van der Waals surface area (Å²) < 4.78 is 33.9. The van der Waals surface area contributed by atoms with Crippen molar-refractivity contribution in [2.75, 3.05) is 47.5 Å². The molecule has 2 unspecified atom stereocenters. The minimum atomic E-state index is -4.66. The van der Waals surface area contributed by atoms with Gasteiger partial charge in [-0.1, -0.05) is 212 Å². The first-order valence-corrected chi connectivity index (χ1v) is 28.4. The second-order valence-corrected chi connectivity index (χ2v) is 19.9. The highest BCUT2D eigenvalue weighted by molar-refractivity contribution is 7.45. The molecule has 0 aromatic carbocycles. The number of hydrogen-bond donors (Lipinski definition) is 0. The third-order valence-electron chi connectivity index (χ3n) is 10.7. The van der Waals surface area contributed by atoms with E-state index >= 15 is 0 Å². The van der Waals surface area contributed by atoms with Gasteiger partial charge in [-0.05, 0) is 89.9 Å². The maximum Gasteiger partial charge on any atom is 0.309 e. The first-order chi connectivity index (χ1) is 34.0. The Balaban J connectivity index is 4.24. The molecule has 0 fully saturated rings. The molecule has 0 aliphatic rings. The lowest BCUT2D eigenvalue weighted by atomic mass is 10.0. The highest BCUT2D eigenvalue weighted by atomic mass is 31.2. The topological polar surface area (TPSA) is 111 Å². The van der Waals surface area contributed by atoms with Crippen LogP contribution < -0.4 is 4.89 Å². The minimum absolute atomic E-state index is 0.0373. The van der Waals surface area contributed by atoms with Crippen LogP contribution >= 0.6 is 7.82 Å². The van der Waals surface area contributed by atoms with Gasteiger partial charge in [-0.2, -0.15) is 0 Å². The predicted molar refractivity (Wildman–Crippen MR) is 295 cm³/mol. The molecule has 0 rings (SSSR count). The van der Waals surface area contributed by atoms with E-state index in [1.807, 2.05) is 33.3 Å². The monoisotopic (exact) mass is 992 g/mol. The second kappa shape index (κ2) is 50.1. The van der Waals surface area contributed by atoms with Crippen LogP contribution in [0.25, 0.3) is 0 Å². The number of hydrogen-bond acceptors (Lipinski definition) is 8. The van der Waals surface area contributed by atoms with Gasteiger partial charge in [0, 0.05) is 6.42 Å². The van der Waals surface area contributed by atoms with Gasteiger partial charge >= 0.3 is 11.9 Å². The van der Waals surface area contributed by atoms with Crippen molar-refractivity contribution in [3.05, 3.63) is 134 Å². The fraction of sp³-hybridized carbons (Fsp3) is 0.600.